The number of amides is 1. The van der Waals surface area contributed by atoms with Crippen LogP contribution in [0.25, 0.3) is 10.8 Å². The van der Waals surface area contributed by atoms with E-state index in [2.05, 4.69) is 68.6 Å². The van der Waals surface area contributed by atoms with Crippen LogP contribution < -0.4 is 11.1 Å². The summed E-state index contributed by atoms with van der Waals surface area (Å²) in [7, 11) is 0. The van der Waals surface area contributed by atoms with Gasteiger partial charge in [-0.1, -0.05) is 69.7 Å². The van der Waals surface area contributed by atoms with E-state index in [0.717, 1.165) is 12.8 Å². The zero-order chi connectivity index (χ0) is 19.4. The fraction of sp³-hybridized carbons (Fsp3) is 0.542. The number of hydrogen-bond donors (Lipinski definition) is 2. The van der Waals surface area contributed by atoms with Crippen molar-refractivity contribution in [2.75, 3.05) is 6.54 Å². The van der Waals surface area contributed by atoms with E-state index < -0.39 is 0 Å². The summed E-state index contributed by atoms with van der Waals surface area (Å²) >= 11 is 0. The Balaban J connectivity index is 1.55. The van der Waals surface area contributed by atoms with E-state index in [4.69, 9.17) is 5.73 Å². The summed E-state index contributed by atoms with van der Waals surface area (Å²) in [6, 6.07) is 14.8. The molecule has 0 radical (unpaired) electrons. The highest BCUT2D eigenvalue weighted by atomic mass is 16.1. The Morgan fingerprint density at radius 1 is 1.15 bits per heavy atom. The molecule has 1 amide bonds. The van der Waals surface area contributed by atoms with Crippen molar-refractivity contribution < 1.29 is 4.79 Å². The number of carbonyl (C=O) groups is 1. The molecule has 0 unspecified atom stereocenters. The molecule has 146 valence electrons. The van der Waals surface area contributed by atoms with Crippen molar-refractivity contribution in [3.63, 3.8) is 0 Å². The topological polar surface area (TPSA) is 55.1 Å². The molecule has 0 bridgehead atoms. The Bertz CT molecular complexity index is 770. The van der Waals surface area contributed by atoms with E-state index in [-0.39, 0.29) is 17.9 Å². The summed E-state index contributed by atoms with van der Waals surface area (Å²) in [4.78, 5) is 12.8. The van der Waals surface area contributed by atoms with Gasteiger partial charge in [0.25, 0.3) is 0 Å². The average molecular weight is 367 g/mol. The molecule has 27 heavy (non-hydrogen) atoms. The van der Waals surface area contributed by atoms with Crippen molar-refractivity contribution in [3.8, 4) is 0 Å². The number of fused-ring (bicyclic) bond motifs is 1. The molecule has 0 spiro atoms. The van der Waals surface area contributed by atoms with E-state index in [0.29, 0.717) is 24.3 Å². The van der Waals surface area contributed by atoms with Crippen LogP contribution in [-0.2, 0) is 11.2 Å². The Hall–Kier alpha value is -1.87. The predicted molar refractivity (Wildman–Crippen MR) is 113 cm³/mol. The highest BCUT2D eigenvalue weighted by Crippen LogP contribution is 2.38. The first-order valence-corrected chi connectivity index (χ1v) is 10.4. The molecular formula is C24H34N2O. The first kappa shape index (κ1) is 19.9. The summed E-state index contributed by atoms with van der Waals surface area (Å²) in [6.45, 7) is 7.29. The number of nitrogens with one attached hydrogen (secondary N) is 1. The second-order valence-corrected chi connectivity index (χ2v) is 8.82. The third-order valence-electron chi connectivity index (χ3n) is 6.21. The van der Waals surface area contributed by atoms with Gasteiger partial charge in [0.2, 0.25) is 5.91 Å². The number of nitrogens with two attached hydrogens (primary N) is 1. The molecule has 2 aromatic rings. The van der Waals surface area contributed by atoms with Gasteiger partial charge in [-0.3, -0.25) is 4.79 Å². The monoisotopic (exact) mass is 366 g/mol. The number of carbonyl (C=O) groups excluding carboxylic acids is 1. The normalized spacial score (nSPS) is 24.1. The maximum absolute atomic E-state index is 12.8. The minimum atomic E-state index is -0.0615. The lowest BCUT2D eigenvalue weighted by Gasteiger charge is -2.36. The molecule has 1 fully saturated rings. The summed E-state index contributed by atoms with van der Waals surface area (Å²) in [5.41, 5.74) is 7.56. The molecule has 1 saturated carbocycles. The second-order valence-electron chi connectivity index (χ2n) is 8.82. The van der Waals surface area contributed by atoms with E-state index in [1.165, 1.54) is 29.2 Å². The summed E-state index contributed by atoms with van der Waals surface area (Å²) in [6.07, 6.45) is 4.20. The van der Waals surface area contributed by atoms with Crippen LogP contribution >= 0.6 is 0 Å². The number of rotatable bonds is 6. The minimum Gasteiger partial charge on any atom is -0.354 e. The Kier molecular flexibility index (Phi) is 6.54. The SMILES string of the molecule is CC(C)[C@@H]1CC[C@@H](C)C[C@H]1C(=O)NC[C@@H](N)Cc1ccc2ccccc2c1. The second kappa shape index (κ2) is 8.88. The third kappa shape index (κ3) is 5.10. The molecule has 0 saturated heterocycles. The fourth-order valence-corrected chi connectivity index (χ4v) is 4.61. The van der Waals surface area contributed by atoms with Gasteiger partial charge in [-0.2, -0.15) is 0 Å². The van der Waals surface area contributed by atoms with Gasteiger partial charge in [0, 0.05) is 18.5 Å². The van der Waals surface area contributed by atoms with E-state index in [1.54, 1.807) is 0 Å². The molecule has 1 aliphatic rings. The van der Waals surface area contributed by atoms with Gasteiger partial charge in [-0.25, -0.2) is 0 Å². The minimum absolute atomic E-state index is 0.0615. The Morgan fingerprint density at radius 2 is 1.89 bits per heavy atom. The molecule has 0 aromatic heterocycles. The fourth-order valence-electron chi connectivity index (χ4n) is 4.61. The van der Waals surface area contributed by atoms with Crippen molar-refractivity contribution in [1.82, 2.24) is 5.32 Å². The molecule has 3 nitrogen and oxygen atoms in total. The third-order valence-corrected chi connectivity index (χ3v) is 6.21. The largest absolute Gasteiger partial charge is 0.354 e. The lowest BCUT2D eigenvalue weighted by Crippen LogP contribution is -2.45. The van der Waals surface area contributed by atoms with E-state index in [9.17, 15) is 4.79 Å². The van der Waals surface area contributed by atoms with Gasteiger partial charge in [0.15, 0.2) is 0 Å². The van der Waals surface area contributed by atoms with Crippen molar-refractivity contribution in [1.29, 1.82) is 0 Å². The molecule has 0 aliphatic heterocycles. The van der Waals surface area contributed by atoms with Crippen LogP contribution in [0.3, 0.4) is 0 Å². The number of benzene rings is 2. The molecular weight excluding hydrogens is 332 g/mol. The maximum atomic E-state index is 12.8. The van der Waals surface area contributed by atoms with Crippen molar-refractivity contribution >= 4 is 16.7 Å². The van der Waals surface area contributed by atoms with E-state index >= 15 is 0 Å². The molecule has 1 aliphatic carbocycles. The van der Waals surface area contributed by atoms with Gasteiger partial charge >= 0.3 is 0 Å². The van der Waals surface area contributed by atoms with Gasteiger partial charge < -0.3 is 11.1 Å². The zero-order valence-electron chi connectivity index (χ0n) is 16.9. The summed E-state index contributed by atoms with van der Waals surface area (Å²) < 4.78 is 0. The first-order valence-electron chi connectivity index (χ1n) is 10.4. The lowest BCUT2D eigenvalue weighted by molar-refractivity contribution is -0.129. The van der Waals surface area contributed by atoms with Crippen LogP contribution in [0.5, 0.6) is 0 Å². The van der Waals surface area contributed by atoms with Crippen molar-refractivity contribution in [2.45, 2.75) is 52.5 Å². The molecule has 3 rings (SSSR count). The predicted octanol–water partition coefficient (Wildman–Crippen LogP) is 4.53. The van der Waals surface area contributed by atoms with Crippen molar-refractivity contribution in [2.24, 2.45) is 29.4 Å². The molecule has 2 aromatic carbocycles. The van der Waals surface area contributed by atoms with Crippen LogP contribution in [0.4, 0.5) is 0 Å². The first-order chi connectivity index (χ1) is 12.9. The van der Waals surface area contributed by atoms with Gasteiger partial charge in [0.05, 0.1) is 0 Å². The molecule has 3 heteroatoms. The molecule has 4 atom stereocenters. The highest BCUT2D eigenvalue weighted by Gasteiger charge is 2.35. The zero-order valence-corrected chi connectivity index (χ0v) is 16.9. The standard InChI is InChI=1S/C24H34N2O/c1-16(2)22-11-8-17(3)12-23(22)24(27)26-15-21(25)14-18-9-10-19-6-4-5-7-20(19)13-18/h4-7,9-10,13,16-17,21-23H,8,11-12,14-15,25H2,1-3H3,(H,26,27)/t17-,21+,22+,23-/m1/s1. The van der Waals surface area contributed by atoms with Crippen LogP contribution in [-0.4, -0.2) is 18.5 Å². The maximum Gasteiger partial charge on any atom is 0.223 e. The molecule has 3 N–H and O–H groups in total. The van der Waals surface area contributed by atoms with Gasteiger partial charge in [-0.05, 0) is 53.4 Å². The van der Waals surface area contributed by atoms with Crippen molar-refractivity contribution in [3.05, 3.63) is 48.0 Å². The molecule has 0 heterocycles. The van der Waals surface area contributed by atoms with Gasteiger partial charge in [-0.15, -0.1) is 0 Å². The summed E-state index contributed by atoms with van der Waals surface area (Å²) in [5, 5.41) is 5.63. The van der Waals surface area contributed by atoms with Crippen LogP contribution in [0, 0.1) is 23.7 Å². The van der Waals surface area contributed by atoms with E-state index in [1.807, 2.05) is 0 Å². The van der Waals surface area contributed by atoms with Crippen LogP contribution in [0.2, 0.25) is 0 Å². The van der Waals surface area contributed by atoms with Crippen LogP contribution in [0.1, 0.15) is 45.6 Å². The Morgan fingerprint density at radius 3 is 2.63 bits per heavy atom. The summed E-state index contributed by atoms with van der Waals surface area (Å²) in [5.74, 6) is 2.04. The van der Waals surface area contributed by atoms with Crippen LogP contribution in [0.15, 0.2) is 42.5 Å². The lowest BCUT2D eigenvalue weighted by atomic mass is 9.70. The number of hydrogen-bond acceptors (Lipinski definition) is 2. The Labute approximate surface area is 163 Å². The quantitative estimate of drug-likeness (QED) is 0.789. The smallest absolute Gasteiger partial charge is 0.223 e. The van der Waals surface area contributed by atoms with Gasteiger partial charge in [0.1, 0.15) is 0 Å². The average Bonchev–Trinajstić information content (AvgIpc) is 2.65. The highest BCUT2D eigenvalue weighted by molar-refractivity contribution is 5.83.